The maximum Gasteiger partial charge on any atom is 0.0703 e. The molecule has 1 heterocycles. The largest absolute Gasteiger partial charge is 0.309 e. The molecule has 0 amide bonds. The monoisotopic (exact) mass is 642 g/mol. The van der Waals surface area contributed by atoms with E-state index in [1.165, 1.54) is 55.6 Å². The number of pyridine rings is 1. The molecule has 2 nitrogen and oxygen atoms in total. The number of aryl methyl sites for hydroxylation is 1. The first kappa shape index (κ1) is 30.1. The van der Waals surface area contributed by atoms with Gasteiger partial charge in [-0.1, -0.05) is 135 Å². The minimum atomic E-state index is -0.0739. The molecule has 0 saturated carbocycles. The Hall–Kier alpha value is -5.99. The van der Waals surface area contributed by atoms with Crippen LogP contribution in [0, 0.1) is 0 Å². The zero-order chi connectivity index (χ0) is 33.7. The van der Waals surface area contributed by atoms with Gasteiger partial charge in [-0.05, 0) is 111 Å². The van der Waals surface area contributed by atoms with Gasteiger partial charge in [-0.25, -0.2) is 0 Å². The fourth-order valence-electron chi connectivity index (χ4n) is 7.91. The molecule has 2 heteroatoms. The molecule has 0 atom stereocenters. The second-order valence-corrected chi connectivity index (χ2v) is 14.0. The molecule has 240 valence electrons. The number of benzene rings is 6. The third-order valence-electron chi connectivity index (χ3n) is 10.6. The van der Waals surface area contributed by atoms with Crippen LogP contribution in [0.25, 0.3) is 50.7 Å². The van der Waals surface area contributed by atoms with E-state index < -0.39 is 0 Å². The number of rotatable bonds is 6. The summed E-state index contributed by atoms with van der Waals surface area (Å²) >= 11 is 0. The minimum Gasteiger partial charge on any atom is -0.309 e. The van der Waals surface area contributed by atoms with Gasteiger partial charge in [-0.15, -0.1) is 0 Å². The van der Waals surface area contributed by atoms with E-state index >= 15 is 0 Å². The Bertz CT molecular complexity index is 2270. The average molecular weight is 643 g/mol. The molecule has 0 aliphatic heterocycles. The van der Waals surface area contributed by atoms with Crippen LogP contribution in [0.2, 0.25) is 0 Å². The van der Waals surface area contributed by atoms with Crippen LogP contribution in [0.15, 0.2) is 164 Å². The fraction of sp³-hybridized carbons (Fsp3) is 0.104. The van der Waals surface area contributed by atoms with Gasteiger partial charge in [0.1, 0.15) is 0 Å². The van der Waals surface area contributed by atoms with Crippen LogP contribution in [0.5, 0.6) is 0 Å². The van der Waals surface area contributed by atoms with Crippen LogP contribution in [-0.4, -0.2) is 4.98 Å². The summed E-state index contributed by atoms with van der Waals surface area (Å²) in [5, 5.41) is 0. The van der Waals surface area contributed by atoms with Crippen molar-refractivity contribution < 1.29 is 0 Å². The fourth-order valence-corrected chi connectivity index (χ4v) is 7.91. The summed E-state index contributed by atoms with van der Waals surface area (Å²) in [6.07, 6.45) is 8.92. The second-order valence-electron chi connectivity index (χ2n) is 14.0. The van der Waals surface area contributed by atoms with Gasteiger partial charge in [0.15, 0.2) is 0 Å². The van der Waals surface area contributed by atoms with Gasteiger partial charge in [-0.2, -0.15) is 0 Å². The van der Waals surface area contributed by atoms with Crippen molar-refractivity contribution in [2.24, 2.45) is 0 Å². The Kier molecular flexibility index (Phi) is 7.32. The summed E-state index contributed by atoms with van der Waals surface area (Å²) in [6, 6.07) is 54.7. The number of aromatic nitrogens is 1. The van der Waals surface area contributed by atoms with E-state index in [1.54, 1.807) is 0 Å². The van der Waals surface area contributed by atoms with Crippen molar-refractivity contribution >= 4 is 23.1 Å². The van der Waals surface area contributed by atoms with Gasteiger partial charge in [0.2, 0.25) is 0 Å². The SMILES string of the molecule is CC1(C)c2cc(-c3ccc(N(c4ccc(-c5ccccc5)cc4)c4ccc(-c5ccccc5)cc4)cn3)ccc2-c2c1ccc1c2C=CCC1. The first-order valence-corrected chi connectivity index (χ1v) is 17.6. The second kappa shape index (κ2) is 12.2. The lowest BCUT2D eigenvalue weighted by Gasteiger charge is -2.26. The van der Waals surface area contributed by atoms with Crippen LogP contribution in [0.4, 0.5) is 17.1 Å². The highest BCUT2D eigenvalue weighted by molar-refractivity contribution is 5.90. The van der Waals surface area contributed by atoms with Crippen molar-refractivity contribution in [3.8, 4) is 44.6 Å². The molecule has 0 spiro atoms. The Labute approximate surface area is 295 Å². The van der Waals surface area contributed by atoms with Crippen molar-refractivity contribution in [2.45, 2.75) is 32.1 Å². The quantitative estimate of drug-likeness (QED) is 0.179. The zero-order valence-corrected chi connectivity index (χ0v) is 28.5. The first-order valence-electron chi connectivity index (χ1n) is 17.6. The van der Waals surface area contributed by atoms with E-state index in [-0.39, 0.29) is 5.41 Å². The van der Waals surface area contributed by atoms with Crippen LogP contribution in [0.3, 0.4) is 0 Å². The molecule has 2 aliphatic rings. The maximum absolute atomic E-state index is 5.09. The van der Waals surface area contributed by atoms with E-state index in [4.69, 9.17) is 4.98 Å². The van der Waals surface area contributed by atoms with E-state index in [0.29, 0.717) is 0 Å². The molecule has 0 bridgehead atoms. The predicted octanol–water partition coefficient (Wildman–Crippen LogP) is 12.8. The van der Waals surface area contributed by atoms with Gasteiger partial charge in [-0.3, -0.25) is 4.98 Å². The number of allylic oxidation sites excluding steroid dienone is 1. The van der Waals surface area contributed by atoms with Crippen LogP contribution in [0.1, 0.15) is 42.5 Å². The molecule has 0 unspecified atom stereocenters. The molecule has 6 aromatic carbocycles. The summed E-state index contributed by atoms with van der Waals surface area (Å²) in [4.78, 5) is 7.38. The minimum absolute atomic E-state index is 0.0739. The predicted molar refractivity (Wildman–Crippen MR) is 210 cm³/mol. The summed E-state index contributed by atoms with van der Waals surface area (Å²) < 4.78 is 0. The van der Waals surface area contributed by atoms with Crippen molar-refractivity contribution in [3.63, 3.8) is 0 Å². The molecule has 7 aromatic rings. The summed E-state index contributed by atoms with van der Waals surface area (Å²) in [6.45, 7) is 4.72. The van der Waals surface area contributed by atoms with Crippen LogP contribution in [-0.2, 0) is 11.8 Å². The van der Waals surface area contributed by atoms with Crippen molar-refractivity contribution in [2.75, 3.05) is 4.90 Å². The molecule has 9 rings (SSSR count). The van der Waals surface area contributed by atoms with Gasteiger partial charge in [0, 0.05) is 22.4 Å². The number of hydrogen-bond donors (Lipinski definition) is 0. The Morgan fingerprint density at radius 3 is 1.72 bits per heavy atom. The lowest BCUT2D eigenvalue weighted by atomic mass is 9.80. The van der Waals surface area contributed by atoms with Crippen molar-refractivity contribution in [1.29, 1.82) is 0 Å². The van der Waals surface area contributed by atoms with Gasteiger partial charge in [0.25, 0.3) is 0 Å². The third kappa shape index (κ3) is 5.16. The van der Waals surface area contributed by atoms with Crippen LogP contribution >= 0.6 is 0 Å². The highest BCUT2D eigenvalue weighted by atomic mass is 15.1. The highest BCUT2D eigenvalue weighted by Crippen LogP contribution is 2.52. The zero-order valence-electron chi connectivity index (χ0n) is 28.5. The lowest BCUT2D eigenvalue weighted by molar-refractivity contribution is 0.660. The van der Waals surface area contributed by atoms with Gasteiger partial charge >= 0.3 is 0 Å². The molecule has 0 radical (unpaired) electrons. The molecule has 1 aromatic heterocycles. The topological polar surface area (TPSA) is 16.1 Å². The van der Waals surface area contributed by atoms with E-state index in [9.17, 15) is 0 Å². The average Bonchev–Trinajstić information content (AvgIpc) is 3.42. The molecular formula is C48H38N2. The molecule has 0 saturated heterocycles. The van der Waals surface area contributed by atoms with Crippen LogP contribution < -0.4 is 4.90 Å². The number of anilines is 3. The van der Waals surface area contributed by atoms with E-state index in [1.807, 2.05) is 6.20 Å². The molecule has 0 fully saturated rings. The number of nitrogens with zero attached hydrogens (tertiary/aromatic N) is 2. The number of fused-ring (bicyclic) bond motifs is 5. The highest BCUT2D eigenvalue weighted by Gasteiger charge is 2.37. The Morgan fingerprint density at radius 2 is 1.12 bits per heavy atom. The summed E-state index contributed by atoms with van der Waals surface area (Å²) in [7, 11) is 0. The normalized spacial score (nSPS) is 13.7. The molecular weight excluding hydrogens is 605 g/mol. The lowest BCUT2D eigenvalue weighted by Crippen LogP contribution is -2.15. The summed E-state index contributed by atoms with van der Waals surface area (Å²) in [5.74, 6) is 0. The third-order valence-corrected chi connectivity index (χ3v) is 10.6. The summed E-state index contributed by atoms with van der Waals surface area (Å²) in [5.41, 5.74) is 18.5. The Morgan fingerprint density at radius 1 is 0.540 bits per heavy atom. The van der Waals surface area contributed by atoms with Crippen molar-refractivity contribution in [3.05, 3.63) is 186 Å². The standard InChI is InChI=1S/C48H38N2/c1-48(2)44-29-22-37-15-9-10-16-42(37)47(44)43-28-21-38(31-45(43)48)46-30-27-41(32-49-46)50(39-23-17-35(18-24-39)33-11-5-3-6-12-33)40-25-19-36(20-26-40)34-13-7-4-8-14-34/h3-8,10-14,16-32H,9,15H2,1-2H3. The van der Waals surface area contributed by atoms with E-state index in [2.05, 4.69) is 183 Å². The van der Waals surface area contributed by atoms with Gasteiger partial charge < -0.3 is 4.90 Å². The Balaban J connectivity index is 1.08. The van der Waals surface area contributed by atoms with Gasteiger partial charge in [0.05, 0.1) is 17.6 Å². The van der Waals surface area contributed by atoms with E-state index in [0.717, 1.165) is 41.2 Å². The smallest absolute Gasteiger partial charge is 0.0703 e. The number of hydrogen-bond acceptors (Lipinski definition) is 2. The molecule has 2 aliphatic carbocycles. The maximum atomic E-state index is 5.09. The first-order chi connectivity index (χ1) is 24.5. The molecule has 0 N–H and O–H groups in total. The van der Waals surface area contributed by atoms with Crippen molar-refractivity contribution in [1.82, 2.24) is 4.98 Å². The molecule has 50 heavy (non-hydrogen) atoms.